The maximum absolute atomic E-state index is 11.2. The first-order valence-corrected chi connectivity index (χ1v) is 8.92. The average molecular weight is 338 g/mol. The molecule has 5 nitrogen and oxygen atoms in total. The number of carbonyl (C=O) groups is 1. The van der Waals surface area contributed by atoms with Crippen molar-refractivity contribution in [2.24, 2.45) is 0 Å². The van der Waals surface area contributed by atoms with E-state index in [-0.39, 0.29) is 5.78 Å². The number of hydrogen-bond donors (Lipinski definition) is 0. The third-order valence-electron chi connectivity index (χ3n) is 4.71. The Labute approximate surface area is 149 Å². The minimum Gasteiger partial charge on any atom is -0.353 e. The lowest BCUT2D eigenvalue weighted by molar-refractivity contribution is -0.116. The molecule has 0 N–H and O–H groups in total. The van der Waals surface area contributed by atoms with Gasteiger partial charge < -0.3 is 4.90 Å². The van der Waals surface area contributed by atoms with Crippen LogP contribution in [0.5, 0.6) is 0 Å². The summed E-state index contributed by atoms with van der Waals surface area (Å²) in [5, 5.41) is 0. The van der Waals surface area contributed by atoms with E-state index in [1.54, 1.807) is 6.92 Å². The average Bonchev–Trinajstić information content (AvgIpc) is 2.62. The van der Waals surface area contributed by atoms with Gasteiger partial charge in [-0.1, -0.05) is 24.3 Å². The van der Waals surface area contributed by atoms with E-state index in [9.17, 15) is 4.79 Å². The maximum Gasteiger partial charge on any atom is 0.147 e. The number of hydrogen-bond acceptors (Lipinski definition) is 5. The summed E-state index contributed by atoms with van der Waals surface area (Å²) in [7, 11) is 0. The molecule has 25 heavy (non-hydrogen) atoms. The fraction of sp³-hybridized carbons (Fsp3) is 0.450. The summed E-state index contributed by atoms with van der Waals surface area (Å²) in [5.41, 5.74) is 2.92. The van der Waals surface area contributed by atoms with Crippen LogP contribution in [0.3, 0.4) is 0 Å². The highest BCUT2D eigenvalue weighted by Gasteiger charge is 2.19. The molecule has 132 valence electrons. The number of aromatic nitrogens is 2. The molecule has 0 unspecified atom stereocenters. The van der Waals surface area contributed by atoms with Gasteiger partial charge in [-0.15, -0.1) is 0 Å². The largest absolute Gasteiger partial charge is 0.353 e. The number of piperazine rings is 1. The SMILES string of the molecule is CC(=O)Cc1ccc(-c2cnc(N3CCN(C(C)C)CC3)cn2)cc1. The van der Waals surface area contributed by atoms with Gasteiger partial charge in [0, 0.05) is 44.2 Å². The monoisotopic (exact) mass is 338 g/mol. The first kappa shape index (κ1) is 17.5. The van der Waals surface area contributed by atoms with Crippen molar-refractivity contribution in [3.8, 4) is 11.3 Å². The van der Waals surface area contributed by atoms with E-state index in [1.165, 1.54) is 0 Å². The zero-order valence-corrected chi connectivity index (χ0v) is 15.3. The molecule has 1 fully saturated rings. The van der Waals surface area contributed by atoms with Crippen molar-refractivity contribution < 1.29 is 4.79 Å². The fourth-order valence-corrected chi connectivity index (χ4v) is 3.18. The number of rotatable bonds is 5. The molecule has 2 aromatic rings. The maximum atomic E-state index is 11.2. The summed E-state index contributed by atoms with van der Waals surface area (Å²) >= 11 is 0. The van der Waals surface area contributed by atoms with Gasteiger partial charge in [-0.2, -0.15) is 0 Å². The molecule has 1 saturated heterocycles. The molecule has 0 spiro atoms. The Bertz CT molecular complexity index is 701. The van der Waals surface area contributed by atoms with Crippen molar-refractivity contribution in [3.05, 3.63) is 42.2 Å². The van der Waals surface area contributed by atoms with Gasteiger partial charge in [-0.3, -0.25) is 14.7 Å². The van der Waals surface area contributed by atoms with Gasteiger partial charge in [0.05, 0.1) is 18.1 Å². The van der Waals surface area contributed by atoms with Gasteiger partial charge in [-0.05, 0) is 26.3 Å². The van der Waals surface area contributed by atoms with E-state index in [0.29, 0.717) is 12.5 Å². The normalized spacial score (nSPS) is 15.6. The first-order valence-electron chi connectivity index (χ1n) is 8.92. The Balaban J connectivity index is 1.65. The van der Waals surface area contributed by atoms with E-state index in [1.807, 2.05) is 36.7 Å². The molecule has 1 aliphatic heterocycles. The standard InChI is InChI=1S/C20H26N4O/c1-15(2)23-8-10-24(11-9-23)20-14-21-19(13-22-20)18-6-4-17(5-7-18)12-16(3)25/h4-7,13-15H,8-12H2,1-3H3. The zero-order chi connectivity index (χ0) is 17.8. The van der Waals surface area contributed by atoms with Crippen LogP contribution in [-0.4, -0.2) is 52.9 Å². The Kier molecular flexibility index (Phi) is 5.43. The second kappa shape index (κ2) is 7.74. The number of nitrogens with zero attached hydrogens (tertiary/aromatic N) is 4. The second-order valence-electron chi connectivity index (χ2n) is 6.95. The molecule has 0 saturated carbocycles. The van der Waals surface area contributed by atoms with Gasteiger partial charge in [-0.25, -0.2) is 4.98 Å². The number of ketones is 1. The van der Waals surface area contributed by atoms with Crippen LogP contribution >= 0.6 is 0 Å². The number of anilines is 1. The van der Waals surface area contributed by atoms with E-state index in [2.05, 4.69) is 33.6 Å². The van der Waals surface area contributed by atoms with Crippen LogP contribution in [0.15, 0.2) is 36.7 Å². The Hall–Kier alpha value is -2.27. The van der Waals surface area contributed by atoms with E-state index in [0.717, 1.165) is 48.8 Å². The molecule has 1 aromatic heterocycles. The molecule has 1 aromatic carbocycles. The molecule has 0 atom stereocenters. The lowest BCUT2D eigenvalue weighted by Gasteiger charge is -2.37. The molecule has 1 aliphatic rings. The second-order valence-corrected chi connectivity index (χ2v) is 6.95. The summed E-state index contributed by atoms with van der Waals surface area (Å²) in [6, 6.07) is 8.57. The molecule has 5 heteroatoms. The molecule has 2 heterocycles. The van der Waals surface area contributed by atoms with Gasteiger partial charge in [0.2, 0.25) is 0 Å². The van der Waals surface area contributed by atoms with Crippen LogP contribution in [0.1, 0.15) is 26.3 Å². The molecule has 0 bridgehead atoms. The highest BCUT2D eigenvalue weighted by molar-refractivity contribution is 5.78. The van der Waals surface area contributed by atoms with Crippen molar-refractivity contribution in [1.29, 1.82) is 0 Å². The van der Waals surface area contributed by atoms with Crippen LogP contribution in [0, 0.1) is 0 Å². The third-order valence-corrected chi connectivity index (χ3v) is 4.71. The van der Waals surface area contributed by atoms with Crippen LogP contribution in [0.4, 0.5) is 5.82 Å². The Morgan fingerprint density at radius 2 is 1.72 bits per heavy atom. The summed E-state index contributed by atoms with van der Waals surface area (Å²) in [6.07, 6.45) is 4.18. The predicted octanol–water partition coefficient (Wildman–Crippen LogP) is 2.81. The van der Waals surface area contributed by atoms with Crippen molar-refractivity contribution in [2.45, 2.75) is 33.2 Å². The summed E-state index contributed by atoms with van der Waals surface area (Å²) < 4.78 is 0. The predicted molar refractivity (Wildman–Crippen MR) is 101 cm³/mol. The van der Waals surface area contributed by atoms with Gasteiger partial charge in [0.1, 0.15) is 11.6 Å². The third kappa shape index (κ3) is 4.42. The van der Waals surface area contributed by atoms with Crippen LogP contribution in [-0.2, 0) is 11.2 Å². The van der Waals surface area contributed by atoms with Crippen LogP contribution in [0.2, 0.25) is 0 Å². The van der Waals surface area contributed by atoms with Crippen molar-refractivity contribution in [1.82, 2.24) is 14.9 Å². The van der Waals surface area contributed by atoms with Crippen molar-refractivity contribution in [2.75, 3.05) is 31.1 Å². The molecule has 3 rings (SSSR count). The van der Waals surface area contributed by atoms with Gasteiger partial charge in [0.15, 0.2) is 0 Å². The van der Waals surface area contributed by atoms with E-state index < -0.39 is 0 Å². The zero-order valence-electron chi connectivity index (χ0n) is 15.3. The Morgan fingerprint density at radius 3 is 2.24 bits per heavy atom. The van der Waals surface area contributed by atoms with Crippen molar-refractivity contribution >= 4 is 11.6 Å². The van der Waals surface area contributed by atoms with E-state index in [4.69, 9.17) is 0 Å². The first-order chi connectivity index (χ1) is 12.0. The molecule has 0 amide bonds. The molecule has 0 aliphatic carbocycles. The minimum absolute atomic E-state index is 0.175. The fourth-order valence-electron chi connectivity index (χ4n) is 3.18. The molecular weight excluding hydrogens is 312 g/mol. The summed E-state index contributed by atoms with van der Waals surface area (Å²) in [5.74, 6) is 1.12. The topological polar surface area (TPSA) is 49.3 Å². The highest BCUT2D eigenvalue weighted by Crippen LogP contribution is 2.20. The minimum atomic E-state index is 0.175. The van der Waals surface area contributed by atoms with Crippen LogP contribution in [0.25, 0.3) is 11.3 Å². The lowest BCUT2D eigenvalue weighted by atomic mass is 10.1. The Morgan fingerprint density at radius 1 is 1.04 bits per heavy atom. The van der Waals surface area contributed by atoms with E-state index >= 15 is 0 Å². The van der Waals surface area contributed by atoms with Crippen LogP contribution < -0.4 is 4.90 Å². The molecule has 0 radical (unpaired) electrons. The quantitative estimate of drug-likeness (QED) is 0.839. The van der Waals surface area contributed by atoms with Crippen molar-refractivity contribution in [3.63, 3.8) is 0 Å². The smallest absolute Gasteiger partial charge is 0.147 e. The highest BCUT2D eigenvalue weighted by atomic mass is 16.1. The summed E-state index contributed by atoms with van der Waals surface area (Å²) in [6.45, 7) is 10.2. The summed E-state index contributed by atoms with van der Waals surface area (Å²) in [4.78, 5) is 25.2. The lowest BCUT2D eigenvalue weighted by Crippen LogP contribution is -2.49. The van der Waals surface area contributed by atoms with Gasteiger partial charge >= 0.3 is 0 Å². The number of carbonyl (C=O) groups excluding carboxylic acids is 1. The molecular formula is C20H26N4O. The van der Waals surface area contributed by atoms with Gasteiger partial charge in [0.25, 0.3) is 0 Å². The number of benzene rings is 1. The number of Topliss-reactive ketones (excluding diaryl/α,β-unsaturated/α-hetero) is 1.